The predicted octanol–water partition coefficient (Wildman–Crippen LogP) is 3.31. The molecule has 2 atom stereocenters. The van der Waals surface area contributed by atoms with Crippen LogP contribution in [0.1, 0.15) is 44.3 Å². The van der Waals surface area contributed by atoms with E-state index in [0.717, 1.165) is 24.2 Å². The van der Waals surface area contributed by atoms with E-state index in [2.05, 4.69) is 15.0 Å². The van der Waals surface area contributed by atoms with Crippen molar-refractivity contribution in [2.24, 2.45) is 17.6 Å². The molecule has 2 fully saturated rings. The van der Waals surface area contributed by atoms with Gasteiger partial charge in [-0.2, -0.15) is 4.98 Å². The van der Waals surface area contributed by atoms with E-state index in [1.165, 1.54) is 32.1 Å². The van der Waals surface area contributed by atoms with E-state index in [9.17, 15) is 4.79 Å². The number of aryl methyl sites for hydroxylation is 1. The van der Waals surface area contributed by atoms with Crippen LogP contribution in [0.2, 0.25) is 0 Å². The van der Waals surface area contributed by atoms with Crippen LogP contribution in [0.15, 0.2) is 28.8 Å². The van der Waals surface area contributed by atoms with Crippen molar-refractivity contribution in [2.75, 3.05) is 11.4 Å². The molecule has 1 saturated carbocycles. The number of aromatic nitrogens is 2. The fourth-order valence-corrected chi connectivity index (χ4v) is 4.74. The van der Waals surface area contributed by atoms with Crippen LogP contribution in [0, 0.1) is 18.8 Å². The monoisotopic (exact) mass is 354 g/mol. The van der Waals surface area contributed by atoms with Gasteiger partial charge in [-0.1, -0.05) is 37.3 Å². The maximum atomic E-state index is 12.3. The van der Waals surface area contributed by atoms with Gasteiger partial charge < -0.3 is 15.2 Å². The predicted molar refractivity (Wildman–Crippen MR) is 99.5 cm³/mol. The molecule has 2 heterocycles. The van der Waals surface area contributed by atoms with Gasteiger partial charge in [-0.05, 0) is 49.4 Å². The summed E-state index contributed by atoms with van der Waals surface area (Å²) in [5.74, 6) is 1.95. The Hall–Kier alpha value is -2.37. The van der Waals surface area contributed by atoms with E-state index in [0.29, 0.717) is 23.6 Å². The van der Waals surface area contributed by atoms with Gasteiger partial charge in [0.25, 0.3) is 5.89 Å². The molecular weight excluding hydrogens is 328 g/mol. The molecule has 0 spiro atoms. The fraction of sp³-hybridized carbons (Fsp3) is 0.550. The first-order valence-corrected chi connectivity index (χ1v) is 9.60. The maximum absolute atomic E-state index is 12.3. The number of hydrogen-bond acceptors (Lipinski definition) is 5. The van der Waals surface area contributed by atoms with Crippen LogP contribution in [0.25, 0.3) is 11.5 Å². The van der Waals surface area contributed by atoms with Gasteiger partial charge in [0.15, 0.2) is 5.82 Å². The van der Waals surface area contributed by atoms with Crippen molar-refractivity contribution in [1.82, 2.24) is 10.1 Å². The Balaban J connectivity index is 1.55. The summed E-state index contributed by atoms with van der Waals surface area (Å²) in [7, 11) is 0. The lowest BCUT2D eigenvalue weighted by Crippen LogP contribution is -2.45. The summed E-state index contributed by atoms with van der Waals surface area (Å²) in [5, 5.41) is 3.83. The van der Waals surface area contributed by atoms with Gasteiger partial charge in [0.2, 0.25) is 5.91 Å². The Morgan fingerprint density at radius 1 is 1.15 bits per heavy atom. The molecule has 1 aliphatic heterocycles. The van der Waals surface area contributed by atoms with Crippen LogP contribution in [-0.2, 0) is 4.79 Å². The minimum Gasteiger partial charge on any atom is -0.368 e. The average molecular weight is 354 g/mol. The molecule has 6 nitrogen and oxygen atoms in total. The highest BCUT2D eigenvalue weighted by Gasteiger charge is 2.42. The number of anilines is 1. The molecule has 2 N–H and O–H groups in total. The van der Waals surface area contributed by atoms with E-state index in [1.807, 2.05) is 24.3 Å². The number of nitrogens with zero attached hydrogens (tertiary/aromatic N) is 3. The molecule has 0 bridgehead atoms. The zero-order chi connectivity index (χ0) is 18.1. The van der Waals surface area contributed by atoms with Crippen molar-refractivity contribution >= 4 is 11.6 Å². The van der Waals surface area contributed by atoms with E-state index in [-0.39, 0.29) is 11.9 Å². The average Bonchev–Trinajstić information content (AvgIpc) is 3.29. The third-order valence-corrected chi connectivity index (χ3v) is 5.96. The summed E-state index contributed by atoms with van der Waals surface area (Å²) in [5.41, 5.74) is 7.75. The molecule has 4 rings (SSSR count). The number of carbonyl (C=O) groups is 1. The van der Waals surface area contributed by atoms with Crippen LogP contribution in [-0.4, -0.2) is 28.6 Å². The number of amides is 1. The largest absolute Gasteiger partial charge is 0.368 e. The van der Waals surface area contributed by atoms with Gasteiger partial charge in [-0.25, -0.2) is 0 Å². The fourth-order valence-electron chi connectivity index (χ4n) is 4.74. The van der Waals surface area contributed by atoms with Gasteiger partial charge >= 0.3 is 0 Å². The zero-order valence-corrected chi connectivity index (χ0v) is 15.2. The van der Waals surface area contributed by atoms with E-state index in [4.69, 9.17) is 10.3 Å². The first kappa shape index (κ1) is 17.1. The number of primary amides is 1. The third kappa shape index (κ3) is 3.20. The molecule has 1 aliphatic carbocycles. The number of benzene rings is 1. The SMILES string of the molecule is Cc1noc(-c2ccc(N3CC[C@@H](C4CCCCC4)[C@H]3C(N)=O)cc2)n1. The zero-order valence-electron chi connectivity index (χ0n) is 15.2. The standard InChI is InChI=1S/C20H26N4O2/c1-13-22-20(26-23-13)15-7-9-16(10-8-15)24-12-11-17(18(24)19(21)25)14-5-3-2-4-6-14/h7-10,14,17-18H,2-6,11-12H2,1H3,(H2,21,25)/t17-,18-/m0/s1. The van der Waals surface area contributed by atoms with Crippen molar-refractivity contribution in [2.45, 2.75) is 51.5 Å². The second-order valence-corrected chi connectivity index (χ2v) is 7.58. The van der Waals surface area contributed by atoms with Crippen LogP contribution in [0.4, 0.5) is 5.69 Å². The second-order valence-electron chi connectivity index (χ2n) is 7.58. The minimum absolute atomic E-state index is 0.199. The van der Waals surface area contributed by atoms with Crippen molar-refractivity contribution in [3.63, 3.8) is 0 Å². The molecule has 1 saturated heterocycles. The first-order valence-electron chi connectivity index (χ1n) is 9.60. The van der Waals surface area contributed by atoms with Crippen LogP contribution in [0.5, 0.6) is 0 Å². The molecule has 0 radical (unpaired) electrons. The molecule has 2 aromatic rings. The second kappa shape index (κ2) is 7.09. The maximum Gasteiger partial charge on any atom is 0.257 e. The van der Waals surface area contributed by atoms with Crippen molar-refractivity contribution in [1.29, 1.82) is 0 Å². The highest BCUT2D eigenvalue weighted by atomic mass is 16.5. The molecule has 2 aliphatic rings. The summed E-state index contributed by atoms with van der Waals surface area (Å²) in [6, 6.07) is 7.78. The lowest BCUT2D eigenvalue weighted by atomic mass is 9.76. The smallest absolute Gasteiger partial charge is 0.257 e. The van der Waals surface area contributed by atoms with Gasteiger partial charge in [-0.15, -0.1) is 0 Å². The van der Waals surface area contributed by atoms with Crippen molar-refractivity contribution < 1.29 is 9.32 Å². The highest BCUT2D eigenvalue weighted by molar-refractivity contribution is 5.85. The summed E-state index contributed by atoms with van der Waals surface area (Å²) >= 11 is 0. The highest BCUT2D eigenvalue weighted by Crippen LogP contribution is 2.40. The Labute approximate surface area is 153 Å². The number of rotatable bonds is 4. The topological polar surface area (TPSA) is 85.3 Å². The summed E-state index contributed by atoms with van der Waals surface area (Å²) in [6.07, 6.45) is 7.40. The number of nitrogens with two attached hydrogens (primary N) is 1. The lowest BCUT2D eigenvalue weighted by Gasteiger charge is -2.33. The quantitative estimate of drug-likeness (QED) is 0.910. The van der Waals surface area contributed by atoms with Crippen molar-refractivity contribution in [3.05, 3.63) is 30.1 Å². The van der Waals surface area contributed by atoms with Gasteiger partial charge in [0.1, 0.15) is 6.04 Å². The number of hydrogen-bond donors (Lipinski definition) is 1. The molecule has 138 valence electrons. The molecule has 1 aromatic carbocycles. The Morgan fingerprint density at radius 3 is 2.50 bits per heavy atom. The molecule has 1 amide bonds. The van der Waals surface area contributed by atoms with E-state index >= 15 is 0 Å². The van der Waals surface area contributed by atoms with Crippen LogP contribution in [0.3, 0.4) is 0 Å². The Morgan fingerprint density at radius 2 is 1.88 bits per heavy atom. The molecule has 0 unspecified atom stereocenters. The van der Waals surface area contributed by atoms with Gasteiger partial charge in [-0.3, -0.25) is 4.79 Å². The number of carbonyl (C=O) groups excluding carboxylic acids is 1. The normalized spacial score (nSPS) is 24.1. The minimum atomic E-state index is -0.199. The van der Waals surface area contributed by atoms with Crippen LogP contribution >= 0.6 is 0 Å². The molecule has 1 aromatic heterocycles. The third-order valence-electron chi connectivity index (χ3n) is 5.96. The summed E-state index contributed by atoms with van der Waals surface area (Å²) < 4.78 is 5.22. The Bertz CT molecular complexity index is 764. The van der Waals surface area contributed by atoms with Crippen LogP contribution < -0.4 is 10.6 Å². The van der Waals surface area contributed by atoms with Gasteiger partial charge in [0, 0.05) is 17.8 Å². The molecule has 6 heteroatoms. The molecule has 26 heavy (non-hydrogen) atoms. The first-order chi connectivity index (χ1) is 12.6. The Kier molecular flexibility index (Phi) is 4.66. The van der Waals surface area contributed by atoms with Gasteiger partial charge in [0.05, 0.1) is 0 Å². The molecular formula is C20H26N4O2. The van der Waals surface area contributed by atoms with E-state index < -0.39 is 0 Å². The lowest BCUT2D eigenvalue weighted by molar-refractivity contribution is -0.120. The van der Waals surface area contributed by atoms with E-state index in [1.54, 1.807) is 6.92 Å². The van der Waals surface area contributed by atoms with Crippen molar-refractivity contribution in [3.8, 4) is 11.5 Å². The summed E-state index contributed by atoms with van der Waals surface area (Å²) in [6.45, 7) is 2.68. The summed E-state index contributed by atoms with van der Waals surface area (Å²) in [4.78, 5) is 18.7.